The Morgan fingerprint density at radius 1 is 0.500 bits per heavy atom. The molecule has 0 unspecified atom stereocenters. The number of carboxylic acids is 1. The first-order chi connectivity index (χ1) is 16.6. The van der Waals surface area contributed by atoms with Gasteiger partial charge in [-0.3, -0.25) is 14.4 Å². The molecule has 0 spiro atoms. The van der Waals surface area contributed by atoms with Crippen LogP contribution in [-0.2, 0) is 14.4 Å². The molecular weight excluding hydrogens is 428 g/mol. The second-order valence-corrected chi connectivity index (χ2v) is 9.74. The first-order valence-corrected chi connectivity index (χ1v) is 14.3. The van der Waals surface area contributed by atoms with E-state index in [9.17, 15) is 14.4 Å². The number of unbranched alkanes of at least 4 members (excludes halogenated alkanes) is 18. The van der Waals surface area contributed by atoms with Gasteiger partial charge in [0.1, 0.15) is 6.54 Å². The van der Waals surface area contributed by atoms with E-state index in [4.69, 9.17) is 5.11 Å². The average Bonchev–Trinajstić information content (AvgIpc) is 2.81. The van der Waals surface area contributed by atoms with Crippen molar-refractivity contribution in [3.05, 3.63) is 0 Å². The first-order valence-electron chi connectivity index (χ1n) is 14.3. The van der Waals surface area contributed by atoms with E-state index in [1.807, 2.05) is 0 Å². The summed E-state index contributed by atoms with van der Waals surface area (Å²) in [4.78, 5) is 33.5. The minimum absolute atomic E-state index is 0.157. The Kier molecular flexibility index (Phi) is 24.8. The highest BCUT2D eigenvalue weighted by Gasteiger charge is 2.03. The molecule has 0 rings (SSSR count). The van der Waals surface area contributed by atoms with Crippen LogP contribution >= 0.6 is 0 Å². The molecule has 2 amide bonds. The van der Waals surface area contributed by atoms with E-state index < -0.39 is 5.97 Å². The molecule has 0 fully saturated rings. The summed E-state index contributed by atoms with van der Waals surface area (Å²) in [6.07, 6.45) is 25.7. The van der Waals surface area contributed by atoms with Gasteiger partial charge in [0, 0.05) is 19.4 Å². The molecule has 3 N–H and O–H groups in total. The number of carbonyl (C=O) groups is 3. The van der Waals surface area contributed by atoms with Crippen molar-refractivity contribution in [2.75, 3.05) is 13.1 Å². The van der Waals surface area contributed by atoms with Gasteiger partial charge in [-0.1, -0.05) is 116 Å². The zero-order valence-corrected chi connectivity index (χ0v) is 22.1. The van der Waals surface area contributed by atoms with E-state index >= 15 is 0 Å². The van der Waals surface area contributed by atoms with Crippen molar-refractivity contribution in [2.45, 2.75) is 148 Å². The number of hydrogen-bond donors (Lipinski definition) is 3. The van der Waals surface area contributed by atoms with Crippen LogP contribution in [0.15, 0.2) is 0 Å². The summed E-state index contributed by atoms with van der Waals surface area (Å²) < 4.78 is 0. The second-order valence-electron chi connectivity index (χ2n) is 9.74. The predicted octanol–water partition coefficient (Wildman–Crippen LogP) is 6.91. The van der Waals surface area contributed by atoms with Gasteiger partial charge in [0.05, 0.1) is 0 Å². The molecule has 0 saturated heterocycles. The van der Waals surface area contributed by atoms with Gasteiger partial charge >= 0.3 is 5.97 Å². The van der Waals surface area contributed by atoms with E-state index in [1.54, 1.807) is 0 Å². The smallest absolute Gasteiger partial charge is 0.322 e. The predicted molar refractivity (Wildman–Crippen MR) is 141 cm³/mol. The molecule has 0 atom stereocenters. The van der Waals surface area contributed by atoms with E-state index in [2.05, 4.69) is 17.6 Å². The van der Waals surface area contributed by atoms with Crippen LogP contribution in [0.4, 0.5) is 0 Å². The Hall–Kier alpha value is -1.59. The zero-order valence-electron chi connectivity index (χ0n) is 22.1. The largest absolute Gasteiger partial charge is 0.480 e. The Morgan fingerprint density at radius 3 is 1.24 bits per heavy atom. The van der Waals surface area contributed by atoms with Crippen molar-refractivity contribution in [1.82, 2.24) is 10.6 Å². The van der Waals surface area contributed by atoms with Crippen molar-refractivity contribution in [1.29, 1.82) is 0 Å². The van der Waals surface area contributed by atoms with Gasteiger partial charge in [0.25, 0.3) is 0 Å². The molecule has 0 aliphatic heterocycles. The minimum Gasteiger partial charge on any atom is -0.480 e. The SMILES string of the molecule is CCCCCCNC(=O)CCCCCCCCCCCCCCCCCCC(=O)NCC(=O)O. The molecule has 0 aromatic carbocycles. The van der Waals surface area contributed by atoms with Gasteiger partial charge in [-0.15, -0.1) is 0 Å². The maximum atomic E-state index is 11.8. The number of rotatable bonds is 26. The van der Waals surface area contributed by atoms with Crippen LogP contribution in [0.25, 0.3) is 0 Å². The highest BCUT2D eigenvalue weighted by molar-refractivity contribution is 5.80. The molecule has 6 heteroatoms. The summed E-state index contributed by atoms with van der Waals surface area (Å²) >= 11 is 0. The van der Waals surface area contributed by atoms with Crippen molar-refractivity contribution in [3.8, 4) is 0 Å². The van der Waals surface area contributed by atoms with Crippen molar-refractivity contribution < 1.29 is 19.5 Å². The number of carboxylic acid groups (broad SMARTS) is 1. The molecule has 0 aliphatic rings. The monoisotopic (exact) mass is 482 g/mol. The van der Waals surface area contributed by atoms with E-state index in [0.29, 0.717) is 12.8 Å². The summed E-state index contributed by atoms with van der Waals surface area (Å²) in [5.41, 5.74) is 0. The Morgan fingerprint density at radius 2 is 0.853 bits per heavy atom. The van der Waals surface area contributed by atoms with Crippen LogP contribution in [0.2, 0.25) is 0 Å². The zero-order chi connectivity index (χ0) is 25.1. The lowest BCUT2D eigenvalue weighted by Gasteiger charge is -2.05. The average molecular weight is 483 g/mol. The van der Waals surface area contributed by atoms with Crippen LogP contribution in [0, 0.1) is 0 Å². The molecular formula is C28H54N2O4. The summed E-state index contributed by atoms with van der Waals surface area (Å²) in [5.74, 6) is -0.920. The van der Waals surface area contributed by atoms with Crippen LogP contribution in [-0.4, -0.2) is 36.0 Å². The van der Waals surface area contributed by atoms with Gasteiger partial charge in [-0.2, -0.15) is 0 Å². The molecule has 0 saturated carbocycles. The first kappa shape index (κ1) is 32.4. The Balaban J connectivity index is 3.17. The lowest BCUT2D eigenvalue weighted by Crippen LogP contribution is -2.28. The third-order valence-corrected chi connectivity index (χ3v) is 6.35. The molecule has 6 nitrogen and oxygen atoms in total. The van der Waals surface area contributed by atoms with Gasteiger partial charge in [-0.25, -0.2) is 0 Å². The molecule has 0 bridgehead atoms. The van der Waals surface area contributed by atoms with Crippen LogP contribution in [0.3, 0.4) is 0 Å². The lowest BCUT2D eigenvalue weighted by molar-refractivity contribution is -0.138. The normalized spacial score (nSPS) is 10.9. The second kappa shape index (κ2) is 26.0. The standard InChI is InChI=1S/C28H54N2O4/c1-2-3-4-21-24-29-26(31)22-19-17-15-13-11-9-7-5-6-8-10-12-14-16-18-20-23-27(32)30-25-28(33)34/h2-25H2,1H3,(H,29,31)(H,30,32)(H,33,34). The third-order valence-electron chi connectivity index (χ3n) is 6.35. The molecule has 0 heterocycles. The Bertz CT molecular complexity index is 497. The number of aliphatic carboxylic acids is 1. The quantitative estimate of drug-likeness (QED) is 0.117. The van der Waals surface area contributed by atoms with Gasteiger partial charge in [0.2, 0.25) is 11.8 Å². The number of amides is 2. The van der Waals surface area contributed by atoms with Crippen LogP contribution in [0.1, 0.15) is 148 Å². The Labute approximate surface area is 209 Å². The fraction of sp³-hybridized carbons (Fsp3) is 0.893. The summed E-state index contributed by atoms with van der Waals surface area (Å²) in [7, 11) is 0. The molecule has 200 valence electrons. The summed E-state index contributed by atoms with van der Waals surface area (Å²) in [6.45, 7) is 2.77. The third kappa shape index (κ3) is 26.7. The number of carbonyl (C=O) groups excluding carboxylic acids is 2. The molecule has 34 heavy (non-hydrogen) atoms. The maximum Gasteiger partial charge on any atom is 0.322 e. The van der Waals surface area contributed by atoms with Crippen molar-refractivity contribution >= 4 is 17.8 Å². The van der Waals surface area contributed by atoms with Crippen LogP contribution in [0.5, 0.6) is 0 Å². The highest BCUT2D eigenvalue weighted by Crippen LogP contribution is 2.14. The van der Waals surface area contributed by atoms with Gasteiger partial charge in [-0.05, 0) is 19.3 Å². The van der Waals surface area contributed by atoms with E-state index in [-0.39, 0.29) is 18.4 Å². The number of hydrogen-bond acceptors (Lipinski definition) is 3. The van der Waals surface area contributed by atoms with E-state index in [1.165, 1.54) is 96.3 Å². The van der Waals surface area contributed by atoms with Gasteiger partial charge < -0.3 is 15.7 Å². The van der Waals surface area contributed by atoms with Crippen LogP contribution < -0.4 is 10.6 Å². The molecule has 0 aromatic rings. The fourth-order valence-corrected chi connectivity index (χ4v) is 4.18. The van der Waals surface area contributed by atoms with Crippen molar-refractivity contribution in [2.24, 2.45) is 0 Å². The lowest BCUT2D eigenvalue weighted by atomic mass is 10.0. The minimum atomic E-state index is -0.995. The molecule has 0 radical (unpaired) electrons. The summed E-state index contributed by atoms with van der Waals surface area (Å²) in [6, 6.07) is 0. The van der Waals surface area contributed by atoms with Crippen molar-refractivity contribution in [3.63, 3.8) is 0 Å². The number of nitrogens with one attached hydrogen (secondary N) is 2. The maximum absolute atomic E-state index is 11.8. The molecule has 0 aliphatic carbocycles. The fourth-order valence-electron chi connectivity index (χ4n) is 4.18. The summed E-state index contributed by atoms with van der Waals surface area (Å²) in [5, 5.41) is 13.9. The van der Waals surface area contributed by atoms with Gasteiger partial charge in [0.15, 0.2) is 0 Å². The van der Waals surface area contributed by atoms with E-state index in [0.717, 1.165) is 38.6 Å². The topological polar surface area (TPSA) is 95.5 Å². The highest BCUT2D eigenvalue weighted by atomic mass is 16.4. The molecule has 0 aromatic heterocycles.